The number of rotatable bonds is 5. The molecular formula is C10H14N4O. The fourth-order valence-electron chi connectivity index (χ4n) is 1.40. The molecule has 1 aliphatic carbocycles. The van der Waals surface area contributed by atoms with Gasteiger partial charge in [0.25, 0.3) is 0 Å². The molecule has 0 unspecified atom stereocenters. The minimum absolute atomic E-state index is 0.111. The smallest absolute Gasteiger partial charge is 0.236 e. The largest absolute Gasteiger partial charge is 0.368 e. The first-order valence-corrected chi connectivity index (χ1v) is 5.07. The Labute approximate surface area is 88.1 Å². The van der Waals surface area contributed by atoms with Crippen LogP contribution in [0.5, 0.6) is 0 Å². The van der Waals surface area contributed by atoms with Gasteiger partial charge in [-0.1, -0.05) is 0 Å². The minimum atomic E-state index is -0.391. The molecular weight excluding hydrogens is 192 g/mol. The van der Waals surface area contributed by atoms with Gasteiger partial charge in [0, 0.05) is 11.8 Å². The summed E-state index contributed by atoms with van der Waals surface area (Å²) in [5.41, 5.74) is 6.05. The van der Waals surface area contributed by atoms with Gasteiger partial charge in [-0.3, -0.25) is 4.79 Å². The van der Waals surface area contributed by atoms with Crippen LogP contribution < -0.4 is 11.1 Å². The minimum Gasteiger partial charge on any atom is -0.368 e. The summed E-state index contributed by atoms with van der Waals surface area (Å²) in [7, 11) is 0. The van der Waals surface area contributed by atoms with E-state index in [9.17, 15) is 4.79 Å². The number of nitrogens with zero attached hydrogens (tertiary/aromatic N) is 2. The Morgan fingerprint density at radius 3 is 3.00 bits per heavy atom. The Morgan fingerprint density at radius 1 is 1.53 bits per heavy atom. The van der Waals surface area contributed by atoms with Crippen molar-refractivity contribution in [2.24, 2.45) is 11.7 Å². The summed E-state index contributed by atoms with van der Waals surface area (Å²) in [5.74, 6) is 1.07. The van der Waals surface area contributed by atoms with Crippen molar-refractivity contribution in [3.05, 3.63) is 18.1 Å². The maximum atomic E-state index is 10.6. The summed E-state index contributed by atoms with van der Waals surface area (Å²) < 4.78 is 0. The van der Waals surface area contributed by atoms with Crippen LogP contribution >= 0.6 is 0 Å². The highest BCUT2D eigenvalue weighted by atomic mass is 16.1. The number of amides is 1. The zero-order chi connectivity index (χ0) is 10.7. The van der Waals surface area contributed by atoms with Gasteiger partial charge in [-0.2, -0.15) is 0 Å². The molecule has 0 atom stereocenters. The first-order chi connectivity index (χ1) is 7.24. The molecule has 1 aromatic rings. The molecule has 0 saturated heterocycles. The number of nitrogens with one attached hydrogen (secondary N) is 1. The third kappa shape index (κ3) is 3.19. The van der Waals surface area contributed by atoms with E-state index in [2.05, 4.69) is 15.3 Å². The second-order valence-electron chi connectivity index (χ2n) is 3.86. The van der Waals surface area contributed by atoms with Crippen molar-refractivity contribution in [2.45, 2.75) is 19.3 Å². The quantitative estimate of drug-likeness (QED) is 0.727. The van der Waals surface area contributed by atoms with Gasteiger partial charge in [0.15, 0.2) is 0 Å². The number of carbonyl (C=O) groups excluding carboxylic acids is 1. The molecule has 5 heteroatoms. The van der Waals surface area contributed by atoms with Crippen LogP contribution in [-0.2, 0) is 11.2 Å². The van der Waals surface area contributed by atoms with Gasteiger partial charge in [0.2, 0.25) is 5.91 Å². The average molecular weight is 206 g/mol. The van der Waals surface area contributed by atoms with E-state index < -0.39 is 5.91 Å². The Morgan fingerprint density at radius 2 is 2.33 bits per heavy atom. The fraction of sp³-hybridized carbons (Fsp3) is 0.500. The fourth-order valence-corrected chi connectivity index (χ4v) is 1.40. The normalized spacial score (nSPS) is 14.9. The molecule has 0 radical (unpaired) electrons. The van der Waals surface area contributed by atoms with E-state index in [4.69, 9.17) is 5.73 Å². The van der Waals surface area contributed by atoms with Gasteiger partial charge in [-0.05, 0) is 25.2 Å². The van der Waals surface area contributed by atoms with E-state index in [0.29, 0.717) is 5.82 Å². The average Bonchev–Trinajstić information content (AvgIpc) is 2.99. The topological polar surface area (TPSA) is 80.9 Å². The lowest BCUT2D eigenvalue weighted by Gasteiger charge is -2.04. The molecule has 1 saturated carbocycles. The highest BCUT2D eigenvalue weighted by molar-refractivity contribution is 5.78. The second kappa shape index (κ2) is 4.25. The van der Waals surface area contributed by atoms with Crippen LogP contribution in [0.1, 0.15) is 18.5 Å². The van der Waals surface area contributed by atoms with Crippen molar-refractivity contribution in [1.29, 1.82) is 0 Å². The molecule has 1 heterocycles. The third-order valence-electron chi connectivity index (χ3n) is 2.36. The van der Waals surface area contributed by atoms with Crippen molar-refractivity contribution in [3.63, 3.8) is 0 Å². The van der Waals surface area contributed by atoms with Gasteiger partial charge in [-0.15, -0.1) is 0 Å². The highest BCUT2D eigenvalue weighted by Crippen LogP contribution is 2.32. The first-order valence-electron chi connectivity index (χ1n) is 5.07. The number of hydrogen-bond donors (Lipinski definition) is 2. The Hall–Kier alpha value is -1.65. The van der Waals surface area contributed by atoms with Crippen molar-refractivity contribution < 1.29 is 4.79 Å². The molecule has 3 N–H and O–H groups in total. The maximum absolute atomic E-state index is 10.6. The lowest BCUT2D eigenvalue weighted by Crippen LogP contribution is -2.22. The van der Waals surface area contributed by atoms with Crippen molar-refractivity contribution in [2.75, 3.05) is 11.9 Å². The molecule has 0 spiro atoms. The van der Waals surface area contributed by atoms with Crippen LogP contribution in [0.4, 0.5) is 5.82 Å². The van der Waals surface area contributed by atoms with E-state index in [-0.39, 0.29) is 6.54 Å². The molecule has 1 aliphatic rings. The van der Waals surface area contributed by atoms with Crippen molar-refractivity contribution >= 4 is 11.7 Å². The third-order valence-corrected chi connectivity index (χ3v) is 2.36. The summed E-state index contributed by atoms with van der Waals surface area (Å²) in [6, 6.07) is 1.88. The lowest BCUT2D eigenvalue weighted by molar-refractivity contribution is -0.116. The van der Waals surface area contributed by atoms with E-state index in [1.807, 2.05) is 6.07 Å². The Bertz CT molecular complexity index is 362. The molecule has 0 aromatic carbocycles. The molecule has 1 amide bonds. The molecule has 15 heavy (non-hydrogen) atoms. The number of primary amides is 1. The van der Waals surface area contributed by atoms with Gasteiger partial charge in [-0.25, -0.2) is 9.97 Å². The summed E-state index contributed by atoms with van der Waals surface area (Å²) in [4.78, 5) is 18.8. The summed E-state index contributed by atoms with van der Waals surface area (Å²) in [5, 5.41) is 2.85. The summed E-state index contributed by atoms with van der Waals surface area (Å²) >= 11 is 0. The summed E-state index contributed by atoms with van der Waals surface area (Å²) in [6.07, 6.45) is 5.12. The van der Waals surface area contributed by atoms with Crippen LogP contribution in [0.2, 0.25) is 0 Å². The van der Waals surface area contributed by atoms with Gasteiger partial charge in [0.05, 0.1) is 6.54 Å². The second-order valence-corrected chi connectivity index (χ2v) is 3.86. The van der Waals surface area contributed by atoms with Crippen LogP contribution in [0.3, 0.4) is 0 Å². The number of carbonyl (C=O) groups is 1. The van der Waals surface area contributed by atoms with E-state index in [1.165, 1.54) is 19.2 Å². The predicted octanol–water partition coefficient (Wildman–Crippen LogP) is 0.326. The zero-order valence-electron chi connectivity index (χ0n) is 8.44. The monoisotopic (exact) mass is 206 g/mol. The molecule has 2 rings (SSSR count). The van der Waals surface area contributed by atoms with Gasteiger partial charge >= 0.3 is 0 Å². The van der Waals surface area contributed by atoms with E-state index in [0.717, 1.165) is 18.0 Å². The van der Waals surface area contributed by atoms with E-state index in [1.54, 1.807) is 0 Å². The molecule has 1 fully saturated rings. The van der Waals surface area contributed by atoms with Crippen LogP contribution in [0.25, 0.3) is 0 Å². The van der Waals surface area contributed by atoms with Gasteiger partial charge in [0.1, 0.15) is 12.1 Å². The zero-order valence-corrected chi connectivity index (χ0v) is 8.44. The molecule has 80 valence electrons. The standard InChI is InChI=1S/C10H14N4O/c11-9(15)5-12-10-4-8(13-6-14-10)3-7-1-2-7/h4,6-7H,1-3,5H2,(H2,11,15)(H,12,13,14). The van der Waals surface area contributed by atoms with Crippen molar-refractivity contribution in [1.82, 2.24) is 9.97 Å². The highest BCUT2D eigenvalue weighted by Gasteiger charge is 2.22. The van der Waals surface area contributed by atoms with Crippen LogP contribution in [-0.4, -0.2) is 22.4 Å². The lowest BCUT2D eigenvalue weighted by atomic mass is 10.2. The first kappa shape index (κ1) is 9.89. The maximum Gasteiger partial charge on any atom is 0.236 e. The van der Waals surface area contributed by atoms with Crippen molar-refractivity contribution in [3.8, 4) is 0 Å². The molecule has 5 nitrogen and oxygen atoms in total. The summed E-state index contributed by atoms with van der Waals surface area (Å²) in [6.45, 7) is 0.111. The van der Waals surface area contributed by atoms with Crippen LogP contribution in [0.15, 0.2) is 12.4 Å². The molecule has 1 aromatic heterocycles. The molecule has 0 bridgehead atoms. The molecule has 0 aliphatic heterocycles. The van der Waals surface area contributed by atoms with Crippen LogP contribution in [0, 0.1) is 5.92 Å². The Kier molecular flexibility index (Phi) is 2.80. The SMILES string of the molecule is NC(=O)CNc1cc(CC2CC2)ncn1. The number of aromatic nitrogens is 2. The number of anilines is 1. The number of hydrogen-bond acceptors (Lipinski definition) is 4. The Balaban J connectivity index is 1.94. The number of nitrogens with two attached hydrogens (primary N) is 1. The van der Waals surface area contributed by atoms with E-state index >= 15 is 0 Å². The van der Waals surface area contributed by atoms with Gasteiger partial charge < -0.3 is 11.1 Å². The predicted molar refractivity (Wildman–Crippen MR) is 56.1 cm³/mol.